The molecule has 20 heavy (non-hydrogen) atoms. The van der Waals surface area contributed by atoms with Gasteiger partial charge in [-0.25, -0.2) is 14.6 Å². The van der Waals surface area contributed by atoms with Crippen LogP contribution in [0.15, 0.2) is 12.5 Å². The first kappa shape index (κ1) is 16.0. The van der Waals surface area contributed by atoms with Crippen molar-refractivity contribution in [3.05, 3.63) is 18.2 Å². The van der Waals surface area contributed by atoms with Crippen LogP contribution in [0.25, 0.3) is 0 Å². The average Bonchev–Trinajstić information content (AvgIpc) is 2.83. The molecule has 0 aliphatic rings. The number of carboxylic acid groups (broad SMARTS) is 1. The molecular weight excluding hydrogens is 262 g/mol. The predicted octanol–water partition coefficient (Wildman–Crippen LogP) is -0.168. The smallest absolute Gasteiger partial charge is 0.356 e. The van der Waals surface area contributed by atoms with Gasteiger partial charge in [-0.15, -0.1) is 0 Å². The quantitative estimate of drug-likeness (QED) is 0.575. The van der Waals surface area contributed by atoms with E-state index in [2.05, 4.69) is 20.5 Å². The van der Waals surface area contributed by atoms with E-state index in [0.717, 1.165) is 13.0 Å². The molecule has 0 fully saturated rings. The molecule has 8 nitrogen and oxygen atoms in total. The highest BCUT2D eigenvalue weighted by atomic mass is 16.4. The number of hydrogen-bond acceptors (Lipinski definition) is 4. The van der Waals surface area contributed by atoms with E-state index in [1.165, 1.54) is 12.5 Å². The van der Waals surface area contributed by atoms with Crippen LogP contribution < -0.4 is 10.6 Å². The van der Waals surface area contributed by atoms with E-state index in [-0.39, 0.29) is 11.7 Å². The number of carbonyl (C=O) groups excluding carboxylic acids is 1. The SMILES string of the molecule is CN(C)CCCNC(=O)NCCn1cnc(C(=O)O)c1. The van der Waals surface area contributed by atoms with E-state index in [4.69, 9.17) is 5.11 Å². The van der Waals surface area contributed by atoms with Crippen LogP contribution >= 0.6 is 0 Å². The maximum absolute atomic E-state index is 11.4. The van der Waals surface area contributed by atoms with Gasteiger partial charge in [0.25, 0.3) is 0 Å². The van der Waals surface area contributed by atoms with Crippen LogP contribution in [0.2, 0.25) is 0 Å². The lowest BCUT2D eigenvalue weighted by Crippen LogP contribution is -2.38. The largest absolute Gasteiger partial charge is 0.476 e. The first-order chi connectivity index (χ1) is 9.49. The lowest BCUT2D eigenvalue weighted by atomic mass is 10.4. The average molecular weight is 283 g/mol. The van der Waals surface area contributed by atoms with Crippen LogP contribution in [-0.4, -0.2) is 65.3 Å². The topological polar surface area (TPSA) is 99.5 Å². The predicted molar refractivity (Wildman–Crippen MR) is 73.8 cm³/mol. The Balaban J connectivity index is 2.13. The summed E-state index contributed by atoms with van der Waals surface area (Å²) in [5, 5.41) is 14.2. The number of aromatic nitrogens is 2. The second kappa shape index (κ2) is 8.16. The lowest BCUT2D eigenvalue weighted by Gasteiger charge is -2.10. The zero-order chi connectivity index (χ0) is 15.0. The van der Waals surface area contributed by atoms with Crippen LogP contribution in [0.5, 0.6) is 0 Å². The van der Waals surface area contributed by atoms with Crippen molar-refractivity contribution in [1.29, 1.82) is 0 Å². The standard InChI is InChI=1S/C12H21N5O3/c1-16(2)6-3-4-13-12(20)14-5-7-17-8-10(11(18)19)15-9-17/h8-9H,3-7H2,1-2H3,(H,18,19)(H2,13,14,20). The second-order valence-electron chi connectivity index (χ2n) is 4.64. The number of hydrogen-bond donors (Lipinski definition) is 3. The summed E-state index contributed by atoms with van der Waals surface area (Å²) in [6.07, 6.45) is 3.75. The van der Waals surface area contributed by atoms with Crippen molar-refractivity contribution >= 4 is 12.0 Å². The molecule has 0 aliphatic carbocycles. The number of carboxylic acids is 1. The molecule has 0 saturated heterocycles. The van der Waals surface area contributed by atoms with Gasteiger partial charge in [0.1, 0.15) is 0 Å². The first-order valence-electron chi connectivity index (χ1n) is 6.40. The Hall–Kier alpha value is -2.09. The molecule has 0 atom stereocenters. The fourth-order valence-corrected chi connectivity index (χ4v) is 1.55. The summed E-state index contributed by atoms with van der Waals surface area (Å²) in [6, 6.07) is -0.220. The molecule has 0 aliphatic heterocycles. The van der Waals surface area contributed by atoms with Gasteiger partial charge in [0.15, 0.2) is 5.69 Å². The number of aromatic carboxylic acids is 1. The zero-order valence-electron chi connectivity index (χ0n) is 11.8. The Morgan fingerprint density at radius 1 is 1.35 bits per heavy atom. The molecule has 1 aromatic heterocycles. The molecule has 0 unspecified atom stereocenters. The number of carbonyl (C=O) groups is 2. The third kappa shape index (κ3) is 6.19. The third-order valence-electron chi connectivity index (χ3n) is 2.58. The summed E-state index contributed by atoms with van der Waals surface area (Å²) >= 11 is 0. The molecular formula is C12H21N5O3. The summed E-state index contributed by atoms with van der Waals surface area (Å²) < 4.78 is 1.62. The molecule has 2 amide bonds. The number of imidazole rings is 1. The van der Waals surface area contributed by atoms with E-state index in [0.29, 0.717) is 19.6 Å². The molecule has 0 saturated carbocycles. The molecule has 8 heteroatoms. The van der Waals surface area contributed by atoms with Crippen LogP contribution in [0, 0.1) is 0 Å². The number of nitrogens with zero attached hydrogens (tertiary/aromatic N) is 3. The number of rotatable bonds is 8. The van der Waals surface area contributed by atoms with Gasteiger partial charge in [0.05, 0.1) is 6.33 Å². The van der Waals surface area contributed by atoms with Gasteiger partial charge in [0.2, 0.25) is 0 Å². The first-order valence-corrected chi connectivity index (χ1v) is 6.40. The van der Waals surface area contributed by atoms with Crippen LogP contribution in [0.4, 0.5) is 4.79 Å². The Kier molecular flexibility index (Phi) is 6.51. The maximum atomic E-state index is 11.4. The number of urea groups is 1. The summed E-state index contributed by atoms with van der Waals surface area (Å²) in [6.45, 7) is 2.44. The molecule has 0 bridgehead atoms. The van der Waals surface area contributed by atoms with E-state index in [1.54, 1.807) is 4.57 Å². The highest BCUT2D eigenvalue weighted by Crippen LogP contribution is 1.95. The van der Waals surface area contributed by atoms with Gasteiger partial charge in [0, 0.05) is 25.8 Å². The highest BCUT2D eigenvalue weighted by molar-refractivity contribution is 5.84. The summed E-state index contributed by atoms with van der Waals surface area (Å²) in [5.41, 5.74) is -0.00173. The molecule has 0 spiro atoms. The van der Waals surface area contributed by atoms with Crippen molar-refractivity contribution in [3.63, 3.8) is 0 Å². The monoisotopic (exact) mass is 283 g/mol. The minimum absolute atomic E-state index is 0.00173. The van der Waals surface area contributed by atoms with Gasteiger partial charge in [-0.1, -0.05) is 0 Å². The fraction of sp³-hybridized carbons (Fsp3) is 0.583. The summed E-state index contributed by atoms with van der Waals surface area (Å²) in [4.78, 5) is 27.8. The van der Waals surface area contributed by atoms with Crippen molar-refractivity contribution in [1.82, 2.24) is 25.1 Å². The second-order valence-corrected chi connectivity index (χ2v) is 4.64. The molecule has 1 aromatic rings. The highest BCUT2D eigenvalue weighted by Gasteiger charge is 2.06. The lowest BCUT2D eigenvalue weighted by molar-refractivity contribution is 0.0691. The molecule has 1 rings (SSSR count). The van der Waals surface area contributed by atoms with Crippen LogP contribution in [0.1, 0.15) is 16.9 Å². The molecule has 0 aromatic carbocycles. The van der Waals surface area contributed by atoms with Crippen molar-refractivity contribution in [2.24, 2.45) is 0 Å². The molecule has 0 radical (unpaired) electrons. The maximum Gasteiger partial charge on any atom is 0.356 e. The molecule has 112 valence electrons. The third-order valence-corrected chi connectivity index (χ3v) is 2.58. The number of nitrogens with one attached hydrogen (secondary N) is 2. The summed E-state index contributed by atoms with van der Waals surface area (Å²) in [5.74, 6) is -1.06. The van der Waals surface area contributed by atoms with Gasteiger partial charge in [-0.05, 0) is 27.1 Å². The van der Waals surface area contributed by atoms with Crippen LogP contribution in [-0.2, 0) is 6.54 Å². The molecule has 1 heterocycles. The van der Waals surface area contributed by atoms with Gasteiger partial charge in [-0.2, -0.15) is 0 Å². The Labute approximate surface area is 117 Å². The Morgan fingerprint density at radius 2 is 2.05 bits per heavy atom. The van der Waals surface area contributed by atoms with E-state index >= 15 is 0 Å². The normalized spacial score (nSPS) is 10.6. The van der Waals surface area contributed by atoms with Crippen molar-refractivity contribution < 1.29 is 14.7 Å². The van der Waals surface area contributed by atoms with Crippen molar-refractivity contribution in [2.75, 3.05) is 33.7 Å². The van der Waals surface area contributed by atoms with Gasteiger partial charge >= 0.3 is 12.0 Å². The van der Waals surface area contributed by atoms with E-state index in [9.17, 15) is 9.59 Å². The van der Waals surface area contributed by atoms with Gasteiger partial charge in [-0.3, -0.25) is 0 Å². The van der Waals surface area contributed by atoms with Crippen molar-refractivity contribution in [3.8, 4) is 0 Å². The Bertz CT molecular complexity index is 444. The zero-order valence-corrected chi connectivity index (χ0v) is 11.8. The van der Waals surface area contributed by atoms with Crippen LogP contribution in [0.3, 0.4) is 0 Å². The minimum Gasteiger partial charge on any atom is -0.476 e. The van der Waals surface area contributed by atoms with Crippen molar-refractivity contribution in [2.45, 2.75) is 13.0 Å². The van der Waals surface area contributed by atoms with E-state index < -0.39 is 5.97 Å². The van der Waals surface area contributed by atoms with Gasteiger partial charge < -0.3 is 25.2 Å². The minimum atomic E-state index is -1.06. The molecule has 3 N–H and O–H groups in total. The summed E-state index contributed by atoms with van der Waals surface area (Å²) in [7, 11) is 3.97. The Morgan fingerprint density at radius 3 is 2.65 bits per heavy atom. The fourth-order valence-electron chi connectivity index (χ4n) is 1.55. The number of amides is 2. The van der Waals surface area contributed by atoms with E-state index in [1.807, 2.05) is 14.1 Å².